The number of hydrogen-bond acceptors (Lipinski definition) is 7. The second kappa shape index (κ2) is 9.12. The second-order valence-electron chi connectivity index (χ2n) is 7.25. The first kappa shape index (κ1) is 21.6. The molecule has 3 rings (SSSR count). The Bertz CT molecular complexity index is 964. The van der Waals surface area contributed by atoms with Crippen LogP contribution in [-0.4, -0.2) is 36.3 Å². The molecule has 0 aliphatic heterocycles. The Balaban J connectivity index is 1.59. The number of amides is 3. The third-order valence-electron chi connectivity index (χ3n) is 4.72. The van der Waals surface area contributed by atoms with Gasteiger partial charge in [0.2, 0.25) is 0 Å². The van der Waals surface area contributed by atoms with Crippen molar-refractivity contribution in [2.75, 3.05) is 11.9 Å². The lowest BCUT2D eigenvalue weighted by Gasteiger charge is -2.20. The number of carbonyl (C=O) groups is 4. The molecule has 0 saturated carbocycles. The lowest BCUT2D eigenvalue weighted by molar-refractivity contribution is -0.150. The van der Waals surface area contributed by atoms with Crippen LogP contribution in [0.5, 0.6) is 0 Å². The molecule has 4 N–H and O–H groups in total. The van der Waals surface area contributed by atoms with E-state index in [0.29, 0.717) is 10.6 Å². The molecule has 9 nitrogen and oxygen atoms in total. The Morgan fingerprint density at radius 3 is 2.67 bits per heavy atom. The minimum absolute atomic E-state index is 0.0657. The van der Waals surface area contributed by atoms with Crippen LogP contribution in [0.2, 0.25) is 0 Å². The molecule has 0 bridgehead atoms. The highest BCUT2D eigenvalue weighted by Gasteiger charge is 2.29. The zero-order valence-corrected chi connectivity index (χ0v) is 17.5. The molecule has 0 spiro atoms. The van der Waals surface area contributed by atoms with E-state index in [1.807, 2.05) is 0 Å². The van der Waals surface area contributed by atoms with E-state index < -0.39 is 36.3 Å². The molecule has 30 heavy (non-hydrogen) atoms. The van der Waals surface area contributed by atoms with Gasteiger partial charge in [-0.15, -0.1) is 11.3 Å². The summed E-state index contributed by atoms with van der Waals surface area (Å²) < 4.78 is 10.1. The molecule has 2 heterocycles. The number of ether oxygens (including phenoxy) is 1. The number of aryl methyl sites for hydroxylation is 1. The first-order chi connectivity index (χ1) is 14.3. The number of primary amides is 1. The number of nitrogens with one attached hydrogen (secondary N) is 2. The van der Waals surface area contributed by atoms with Gasteiger partial charge in [-0.05, 0) is 42.9 Å². The van der Waals surface area contributed by atoms with Gasteiger partial charge in [-0.25, -0.2) is 4.79 Å². The largest absolute Gasteiger partial charge is 0.459 e. The van der Waals surface area contributed by atoms with Crippen LogP contribution in [0.4, 0.5) is 5.00 Å². The number of carbonyl (C=O) groups excluding carboxylic acids is 4. The Morgan fingerprint density at radius 1 is 1.27 bits per heavy atom. The summed E-state index contributed by atoms with van der Waals surface area (Å²) in [6.07, 6.45) is 3.90. The van der Waals surface area contributed by atoms with E-state index >= 15 is 0 Å². The van der Waals surface area contributed by atoms with Crippen molar-refractivity contribution in [2.45, 2.75) is 39.2 Å². The molecule has 160 valence electrons. The molecule has 3 amide bonds. The van der Waals surface area contributed by atoms with E-state index in [0.717, 1.165) is 29.7 Å². The normalized spacial score (nSPS) is 13.6. The van der Waals surface area contributed by atoms with Gasteiger partial charge in [0.15, 0.2) is 12.4 Å². The van der Waals surface area contributed by atoms with Gasteiger partial charge in [0, 0.05) is 4.88 Å². The van der Waals surface area contributed by atoms with E-state index in [4.69, 9.17) is 14.9 Å². The number of anilines is 1. The monoisotopic (exact) mass is 433 g/mol. The van der Waals surface area contributed by atoms with Crippen LogP contribution in [0.1, 0.15) is 51.6 Å². The summed E-state index contributed by atoms with van der Waals surface area (Å²) in [7, 11) is 0. The third-order valence-corrected chi connectivity index (χ3v) is 5.93. The quantitative estimate of drug-likeness (QED) is 0.543. The first-order valence-corrected chi connectivity index (χ1v) is 10.3. The highest BCUT2D eigenvalue weighted by Crippen LogP contribution is 2.38. The molecule has 0 radical (unpaired) electrons. The van der Waals surface area contributed by atoms with Gasteiger partial charge in [-0.2, -0.15) is 0 Å². The van der Waals surface area contributed by atoms with E-state index in [-0.39, 0.29) is 11.7 Å². The molecule has 1 atom stereocenters. The lowest BCUT2D eigenvalue weighted by Crippen LogP contribution is -2.45. The topological polar surface area (TPSA) is 141 Å². The second-order valence-corrected chi connectivity index (χ2v) is 8.36. The molecule has 2 aromatic heterocycles. The summed E-state index contributed by atoms with van der Waals surface area (Å²) in [5.74, 6) is -2.70. The fourth-order valence-electron chi connectivity index (χ4n) is 3.26. The van der Waals surface area contributed by atoms with Crippen LogP contribution in [-0.2, 0) is 27.2 Å². The minimum Gasteiger partial charge on any atom is -0.459 e. The lowest BCUT2D eigenvalue weighted by atomic mass is 10.0. The number of thiophene rings is 1. The SMILES string of the molecule is CC(C)[C@@H](NC(=O)c1ccco1)C(=O)OCC(=O)Nc1sc2c(c1C(N)=O)CCC2. The van der Waals surface area contributed by atoms with Crippen molar-refractivity contribution < 1.29 is 28.3 Å². The van der Waals surface area contributed by atoms with E-state index in [9.17, 15) is 19.2 Å². The molecular formula is C20H23N3O6S. The van der Waals surface area contributed by atoms with Crippen molar-refractivity contribution in [1.82, 2.24) is 5.32 Å². The highest BCUT2D eigenvalue weighted by atomic mass is 32.1. The van der Waals surface area contributed by atoms with Crippen molar-refractivity contribution in [3.8, 4) is 0 Å². The average Bonchev–Trinajstić information content (AvgIpc) is 3.40. The first-order valence-electron chi connectivity index (χ1n) is 9.53. The summed E-state index contributed by atoms with van der Waals surface area (Å²) in [6, 6.07) is 2.07. The summed E-state index contributed by atoms with van der Waals surface area (Å²) in [5, 5.41) is 5.53. The molecule has 1 aliphatic carbocycles. The number of nitrogens with two attached hydrogens (primary N) is 1. The number of rotatable bonds is 8. The Hall–Kier alpha value is -3.14. The molecule has 0 unspecified atom stereocenters. The minimum atomic E-state index is -0.956. The molecular weight excluding hydrogens is 410 g/mol. The molecule has 0 aromatic carbocycles. The zero-order valence-electron chi connectivity index (χ0n) is 16.7. The van der Waals surface area contributed by atoms with E-state index in [1.165, 1.54) is 23.7 Å². The van der Waals surface area contributed by atoms with Crippen LogP contribution in [0.25, 0.3) is 0 Å². The van der Waals surface area contributed by atoms with Crippen molar-refractivity contribution >= 4 is 40.0 Å². The fourth-order valence-corrected chi connectivity index (χ4v) is 4.57. The molecule has 10 heteroatoms. The number of furan rings is 1. The van der Waals surface area contributed by atoms with Gasteiger partial charge in [0.25, 0.3) is 17.7 Å². The van der Waals surface area contributed by atoms with E-state index in [2.05, 4.69) is 10.6 Å². The molecule has 0 fully saturated rings. The summed E-state index contributed by atoms with van der Waals surface area (Å²) in [4.78, 5) is 49.7. The maximum Gasteiger partial charge on any atom is 0.329 e. The smallest absolute Gasteiger partial charge is 0.329 e. The van der Waals surface area contributed by atoms with Crippen LogP contribution >= 0.6 is 11.3 Å². The third kappa shape index (κ3) is 4.70. The highest BCUT2D eigenvalue weighted by molar-refractivity contribution is 7.17. The van der Waals surface area contributed by atoms with Crippen LogP contribution in [0.3, 0.4) is 0 Å². The van der Waals surface area contributed by atoms with Crippen molar-refractivity contribution in [1.29, 1.82) is 0 Å². The Morgan fingerprint density at radius 2 is 2.03 bits per heavy atom. The maximum atomic E-state index is 12.4. The molecule has 2 aromatic rings. The van der Waals surface area contributed by atoms with Crippen molar-refractivity contribution in [3.05, 3.63) is 40.2 Å². The van der Waals surface area contributed by atoms with Gasteiger partial charge in [-0.3, -0.25) is 14.4 Å². The van der Waals surface area contributed by atoms with Crippen molar-refractivity contribution in [3.63, 3.8) is 0 Å². The number of fused-ring (bicyclic) bond motifs is 1. The predicted octanol–water partition coefficient (Wildman–Crippen LogP) is 1.86. The van der Waals surface area contributed by atoms with Gasteiger partial charge in [0.05, 0.1) is 11.8 Å². The van der Waals surface area contributed by atoms with Crippen LogP contribution in [0.15, 0.2) is 22.8 Å². The Kier molecular flexibility index (Phi) is 6.56. The maximum absolute atomic E-state index is 12.4. The van der Waals surface area contributed by atoms with Gasteiger partial charge < -0.3 is 25.5 Å². The zero-order chi connectivity index (χ0) is 21.8. The Labute approximate surface area is 176 Å². The standard InChI is InChI=1S/C20H23N3O6S/c1-10(2)16(23-18(26)12-6-4-8-28-12)20(27)29-9-14(24)22-19-15(17(21)25)11-5-3-7-13(11)30-19/h4,6,8,10,16H,3,5,7,9H2,1-2H3,(H2,21,25)(H,22,24)(H,23,26)/t16-/m1/s1. The summed E-state index contributed by atoms with van der Waals surface area (Å²) in [6.45, 7) is 2.92. The van der Waals surface area contributed by atoms with Crippen LogP contribution in [0, 0.1) is 5.92 Å². The number of hydrogen-bond donors (Lipinski definition) is 3. The van der Waals surface area contributed by atoms with E-state index in [1.54, 1.807) is 19.9 Å². The number of esters is 1. The summed E-state index contributed by atoms with van der Waals surface area (Å²) in [5.41, 5.74) is 6.69. The predicted molar refractivity (Wildman–Crippen MR) is 109 cm³/mol. The molecule has 1 aliphatic rings. The van der Waals surface area contributed by atoms with Gasteiger partial charge in [0.1, 0.15) is 11.0 Å². The average molecular weight is 433 g/mol. The van der Waals surface area contributed by atoms with Crippen molar-refractivity contribution in [2.24, 2.45) is 11.7 Å². The molecule has 0 saturated heterocycles. The van der Waals surface area contributed by atoms with Gasteiger partial charge in [-0.1, -0.05) is 13.8 Å². The van der Waals surface area contributed by atoms with Crippen LogP contribution < -0.4 is 16.4 Å². The summed E-state index contributed by atoms with van der Waals surface area (Å²) >= 11 is 1.32. The van der Waals surface area contributed by atoms with Gasteiger partial charge >= 0.3 is 5.97 Å². The fraction of sp³-hybridized carbons (Fsp3) is 0.400.